The third-order valence-corrected chi connectivity index (χ3v) is 4.70. The Morgan fingerprint density at radius 3 is 2.86 bits per heavy atom. The Kier molecular flexibility index (Phi) is 2.58. The molecule has 0 saturated carbocycles. The van der Waals surface area contributed by atoms with Gasteiger partial charge in [0.1, 0.15) is 5.60 Å². The van der Waals surface area contributed by atoms with Crippen LogP contribution in [0.3, 0.4) is 0 Å². The van der Waals surface area contributed by atoms with Crippen molar-refractivity contribution in [1.82, 2.24) is 0 Å². The lowest BCUT2D eigenvalue weighted by Gasteiger charge is -2.26. The summed E-state index contributed by atoms with van der Waals surface area (Å²) in [4.78, 5) is 26.5. The van der Waals surface area contributed by atoms with E-state index in [9.17, 15) is 14.7 Å². The maximum absolute atomic E-state index is 12.7. The molecule has 0 aromatic heterocycles. The molecule has 6 heteroatoms. The molecule has 2 amide bonds. The summed E-state index contributed by atoms with van der Waals surface area (Å²) >= 11 is 5.94. The van der Waals surface area contributed by atoms with Crippen LogP contribution in [0.4, 0.5) is 5.69 Å². The minimum atomic E-state index is -1.06. The first-order valence-corrected chi connectivity index (χ1v) is 7.07. The van der Waals surface area contributed by atoms with Gasteiger partial charge in [0.2, 0.25) is 11.8 Å². The Balaban J connectivity index is 1.79. The number of nitrogens with zero attached hydrogens (tertiary/aromatic N) is 1. The fraction of sp³-hybridized carbons (Fsp3) is 0.333. The van der Waals surface area contributed by atoms with Crippen LogP contribution in [0.1, 0.15) is 0 Å². The van der Waals surface area contributed by atoms with Gasteiger partial charge in [-0.25, -0.2) is 4.90 Å². The Bertz CT molecular complexity index is 688. The van der Waals surface area contributed by atoms with Gasteiger partial charge < -0.3 is 9.84 Å². The number of aliphatic hydroxyl groups excluding tert-OH is 1. The van der Waals surface area contributed by atoms with Crippen molar-refractivity contribution in [3.8, 4) is 0 Å². The van der Waals surface area contributed by atoms with Crippen LogP contribution in [-0.4, -0.2) is 35.2 Å². The van der Waals surface area contributed by atoms with Crippen molar-refractivity contribution in [3.05, 3.63) is 41.4 Å². The minimum Gasteiger partial charge on any atom is -0.393 e. The third kappa shape index (κ3) is 1.54. The van der Waals surface area contributed by atoms with E-state index in [-0.39, 0.29) is 18.4 Å². The number of ether oxygens (including phenoxy) is 1. The van der Waals surface area contributed by atoms with Crippen molar-refractivity contribution >= 4 is 29.1 Å². The van der Waals surface area contributed by atoms with Gasteiger partial charge in [-0.1, -0.05) is 29.8 Å². The molecule has 4 atom stereocenters. The van der Waals surface area contributed by atoms with Crippen LogP contribution in [0, 0.1) is 11.8 Å². The largest absolute Gasteiger partial charge is 0.393 e. The lowest BCUT2D eigenvalue weighted by molar-refractivity contribution is -0.128. The number of benzene rings is 1. The van der Waals surface area contributed by atoms with Crippen LogP contribution in [0.25, 0.3) is 0 Å². The highest BCUT2D eigenvalue weighted by atomic mass is 35.5. The van der Waals surface area contributed by atoms with Crippen LogP contribution in [0.2, 0.25) is 5.02 Å². The average molecular weight is 306 g/mol. The Morgan fingerprint density at radius 2 is 2.14 bits per heavy atom. The molecule has 3 aliphatic rings. The highest BCUT2D eigenvalue weighted by Gasteiger charge is 2.67. The Morgan fingerprint density at radius 1 is 1.33 bits per heavy atom. The van der Waals surface area contributed by atoms with Gasteiger partial charge in [0, 0.05) is 5.02 Å². The number of rotatable bonds is 2. The first-order chi connectivity index (χ1) is 10.1. The second-order valence-corrected chi connectivity index (χ2v) is 5.99. The number of hydrogen-bond acceptors (Lipinski definition) is 4. The van der Waals surface area contributed by atoms with Gasteiger partial charge in [0.25, 0.3) is 0 Å². The molecule has 5 nitrogen and oxygen atoms in total. The summed E-state index contributed by atoms with van der Waals surface area (Å²) in [5.74, 6) is -1.86. The third-order valence-electron chi connectivity index (χ3n) is 4.47. The van der Waals surface area contributed by atoms with Gasteiger partial charge in [-0.05, 0) is 18.2 Å². The number of fused-ring (bicyclic) bond motifs is 5. The maximum Gasteiger partial charge on any atom is 0.241 e. The number of halogens is 1. The monoisotopic (exact) mass is 305 g/mol. The smallest absolute Gasteiger partial charge is 0.241 e. The summed E-state index contributed by atoms with van der Waals surface area (Å²) in [6.07, 6.45) is 3.01. The van der Waals surface area contributed by atoms with Crippen molar-refractivity contribution in [2.24, 2.45) is 11.8 Å². The molecule has 1 aromatic rings. The van der Waals surface area contributed by atoms with Gasteiger partial charge >= 0.3 is 0 Å². The number of imide groups is 1. The summed E-state index contributed by atoms with van der Waals surface area (Å²) < 4.78 is 5.67. The second-order valence-electron chi connectivity index (χ2n) is 5.55. The van der Waals surface area contributed by atoms with Crippen LogP contribution in [0.15, 0.2) is 36.4 Å². The Labute approximate surface area is 125 Å². The lowest BCUT2D eigenvalue weighted by atomic mass is 9.77. The number of carbonyl (C=O) groups is 2. The molecule has 2 saturated heterocycles. The Hall–Kier alpha value is -1.69. The predicted octanol–water partition coefficient (Wildman–Crippen LogP) is 1.15. The van der Waals surface area contributed by atoms with E-state index in [2.05, 4.69) is 0 Å². The van der Waals surface area contributed by atoms with Crippen LogP contribution in [0.5, 0.6) is 0 Å². The second kappa shape index (κ2) is 4.16. The van der Waals surface area contributed by atoms with E-state index in [0.29, 0.717) is 10.7 Å². The summed E-state index contributed by atoms with van der Waals surface area (Å²) in [6.45, 7) is -0.316. The molecule has 108 valence electrons. The van der Waals surface area contributed by atoms with Gasteiger partial charge in [0.05, 0.1) is 30.2 Å². The fourth-order valence-corrected chi connectivity index (χ4v) is 3.74. The van der Waals surface area contributed by atoms with Crippen LogP contribution in [-0.2, 0) is 14.3 Å². The first-order valence-electron chi connectivity index (χ1n) is 6.69. The normalized spacial score (nSPS) is 36.7. The van der Waals surface area contributed by atoms with Gasteiger partial charge in [-0.2, -0.15) is 0 Å². The number of amides is 2. The summed E-state index contributed by atoms with van der Waals surface area (Å²) in [6, 6.07) is 6.63. The molecule has 1 N–H and O–H groups in total. The molecule has 3 heterocycles. The van der Waals surface area contributed by atoms with E-state index in [0.717, 1.165) is 4.90 Å². The molecule has 0 aliphatic carbocycles. The molecule has 4 rings (SSSR count). The topological polar surface area (TPSA) is 66.8 Å². The number of hydrogen-bond donors (Lipinski definition) is 1. The summed E-state index contributed by atoms with van der Waals surface area (Å²) in [7, 11) is 0. The number of aliphatic hydroxyl groups is 1. The van der Waals surface area contributed by atoms with E-state index in [1.165, 1.54) is 0 Å². The van der Waals surface area contributed by atoms with Crippen LogP contribution < -0.4 is 4.90 Å². The molecular weight excluding hydrogens is 294 g/mol. The molecule has 2 fully saturated rings. The zero-order valence-corrected chi connectivity index (χ0v) is 11.7. The van der Waals surface area contributed by atoms with Crippen molar-refractivity contribution in [3.63, 3.8) is 0 Å². The lowest BCUT2D eigenvalue weighted by Crippen LogP contribution is -2.43. The molecule has 0 spiro atoms. The van der Waals surface area contributed by atoms with Crippen molar-refractivity contribution in [2.75, 3.05) is 11.5 Å². The molecule has 2 bridgehead atoms. The molecule has 0 unspecified atom stereocenters. The SMILES string of the molecule is O=C1[C@H]2[C@H]3C=C[C@@](CO)(O3)[C@H]2C(=O)N1c1cccc(Cl)c1. The molecule has 21 heavy (non-hydrogen) atoms. The quantitative estimate of drug-likeness (QED) is 0.657. The minimum absolute atomic E-state index is 0.294. The van der Waals surface area contributed by atoms with Gasteiger partial charge in [-0.3, -0.25) is 9.59 Å². The molecule has 0 radical (unpaired) electrons. The molecule has 3 aliphatic heterocycles. The highest BCUT2D eigenvalue weighted by molar-refractivity contribution is 6.31. The van der Waals surface area contributed by atoms with E-state index in [4.69, 9.17) is 16.3 Å². The van der Waals surface area contributed by atoms with E-state index in [1.807, 2.05) is 0 Å². The van der Waals surface area contributed by atoms with E-state index >= 15 is 0 Å². The fourth-order valence-electron chi connectivity index (χ4n) is 3.55. The number of carbonyl (C=O) groups excluding carboxylic acids is 2. The maximum atomic E-state index is 12.7. The summed E-state index contributed by atoms with van der Waals surface area (Å²) in [5.41, 5.74) is -0.602. The standard InChI is InChI=1S/C15H12ClNO4/c16-8-2-1-3-9(6-8)17-13(19)11-10-4-5-15(7-18,21-10)12(11)14(17)20/h1-6,10-12,18H,7H2/t10-,11+,12-,15+/m1/s1. The average Bonchev–Trinajstić information content (AvgIpc) is 3.10. The van der Waals surface area contributed by atoms with Crippen molar-refractivity contribution < 1.29 is 19.4 Å². The number of anilines is 1. The first kappa shape index (κ1) is 13.0. The molecule has 1 aromatic carbocycles. The van der Waals surface area contributed by atoms with Crippen molar-refractivity contribution in [1.29, 1.82) is 0 Å². The van der Waals surface area contributed by atoms with Crippen LogP contribution >= 0.6 is 11.6 Å². The highest BCUT2D eigenvalue weighted by Crippen LogP contribution is 2.52. The predicted molar refractivity (Wildman–Crippen MR) is 74.8 cm³/mol. The van der Waals surface area contributed by atoms with Gasteiger partial charge in [0.15, 0.2) is 0 Å². The van der Waals surface area contributed by atoms with E-state index in [1.54, 1.807) is 36.4 Å². The van der Waals surface area contributed by atoms with E-state index < -0.39 is 23.5 Å². The van der Waals surface area contributed by atoms with Gasteiger partial charge in [-0.15, -0.1) is 0 Å². The zero-order valence-electron chi connectivity index (χ0n) is 10.9. The van der Waals surface area contributed by atoms with Crippen molar-refractivity contribution in [2.45, 2.75) is 11.7 Å². The molecular formula is C15H12ClNO4. The zero-order chi connectivity index (χ0) is 14.8. The summed E-state index contributed by atoms with van der Waals surface area (Å²) in [5, 5.41) is 10.1.